The molecule has 0 radical (unpaired) electrons. The molecule has 22 heavy (non-hydrogen) atoms. The van der Waals surface area contributed by atoms with E-state index in [-0.39, 0.29) is 24.4 Å². The van der Waals surface area contributed by atoms with Crippen molar-refractivity contribution in [1.29, 1.82) is 0 Å². The molecule has 0 aliphatic heterocycles. The Kier molecular flexibility index (Phi) is 8.78. The van der Waals surface area contributed by atoms with Crippen molar-refractivity contribution in [1.82, 2.24) is 10.3 Å². The Balaban J connectivity index is 0.00000242. The van der Waals surface area contributed by atoms with E-state index < -0.39 is 0 Å². The van der Waals surface area contributed by atoms with Gasteiger partial charge >= 0.3 is 0 Å². The van der Waals surface area contributed by atoms with E-state index in [1.807, 2.05) is 24.3 Å². The fraction of sp³-hybridized carbons (Fsp3) is 0.467. The molecule has 1 unspecified atom stereocenters. The SMILES string of the molecule is CCCCC(CN)NC(=O)CSc1nc2ccccc2s1.Cl. The number of thiazole rings is 1. The Hall–Kier alpha value is -0.820. The number of nitrogens with zero attached hydrogens (tertiary/aromatic N) is 1. The van der Waals surface area contributed by atoms with Crippen LogP contribution in [0, 0.1) is 0 Å². The van der Waals surface area contributed by atoms with Crippen molar-refractivity contribution < 1.29 is 4.79 Å². The number of fused-ring (bicyclic) bond motifs is 1. The molecule has 122 valence electrons. The van der Waals surface area contributed by atoms with E-state index in [4.69, 9.17) is 5.73 Å². The summed E-state index contributed by atoms with van der Waals surface area (Å²) in [6.45, 7) is 2.63. The van der Waals surface area contributed by atoms with Gasteiger partial charge in [-0.2, -0.15) is 0 Å². The molecule has 0 aliphatic rings. The number of aromatic nitrogens is 1. The van der Waals surface area contributed by atoms with Crippen LogP contribution in [-0.2, 0) is 4.79 Å². The summed E-state index contributed by atoms with van der Waals surface area (Å²) in [5.74, 6) is 0.424. The first-order valence-corrected chi connectivity index (χ1v) is 9.01. The Morgan fingerprint density at radius 2 is 2.23 bits per heavy atom. The molecule has 1 aromatic carbocycles. The molecule has 1 aromatic heterocycles. The molecular formula is C15H22ClN3OS2. The number of hydrogen-bond donors (Lipinski definition) is 2. The van der Waals surface area contributed by atoms with Crippen molar-refractivity contribution in [3.63, 3.8) is 0 Å². The van der Waals surface area contributed by atoms with Gasteiger partial charge in [-0.05, 0) is 18.6 Å². The van der Waals surface area contributed by atoms with Crippen LogP contribution in [0.1, 0.15) is 26.2 Å². The Labute approximate surface area is 145 Å². The van der Waals surface area contributed by atoms with Crippen LogP contribution in [0.4, 0.5) is 0 Å². The minimum Gasteiger partial charge on any atom is -0.351 e. The normalized spacial score (nSPS) is 11.9. The number of nitrogens with two attached hydrogens (primary N) is 1. The summed E-state index contributed by atoms with van der Waals surface area (Å²) in [5, 5.41) is 3.00. The van der Waals surface area contributed by atoms with Crippen molar-refractivity contribution in [2.75, 3.05) is 12.3 Å². The Morgan fingerprint density at radius 1 is 1.45 bits per heavy atom. The average Bonchev–Trinajstić information content (AvgIpc) is 2.92. The number of carbonyl (C=O) groups excluding carboxylic acids is 1. The number of nitrogens with one attached hydrogen (secondary N) is 1. The molecule has 3 N–H and O–H groups in total. The third-order valence-corrected chi connectivity index (χ3v) is 5.34. The van der Waals surface area contributed by atoms with Crippen LogP contribution in [0.25, 0.3) is 10.2 Å². The van der Waals surface area contributed by atoms with E-state index in [2.05, 4.69) is 17.2 Å². The summed E-state index contributed by atoms with van der Waals surface area (Å²) in [5.41, 5.74) is 6.68. The van der Waals surface area contributed by atoms with Gasteiger partial charge in [0.25, 0.3) is 0 Å². The fourth-order valence-corrected chi connectivity index (χ4v) is 3.89. The lowest BCUT2D eigenvalue weighted by Gasteiger charge is -2.15. The molecule has 0 saturated heterocycles. The molecule has 1 amide bonds. The van der Waals surface area contributed by atoms with E-state index in [1.54, 1.807) is 11.3 Å². The fourth-order valence-electron chi connectivity index (χ4n) is 2.01. The topological polar surface area (TPSA) is 68.0 Å². The van der Waals surface area contributed by atoms with Crippen molar-refractivity contribution in [2.24, 2.45) is 5.73 Å². The number of para-hydroxylation sites is 1. The molecule has 0 bridgehead atoms. The minimum atomic E-state index is 0. The van der Waals surface area contributed by atoms with Gasteiger partial charge in [0, 0.05) is 12.6 Å². The van der Waals surface area contributed by atoms with Gasteiger partial charge in [-0.1, -0.05) is 43.7 Å². The molecule has 0 spiro atoms. The first-order valence-electron chi connectivity index (χ1n) is 7.20. The van der Waals surface area contributed by atoms with E-state index in [0.717, 1.165) is 33.8 Å². The van der Waals surface area contributed by atoms with Crippen LogP contribution in [0.3, 0.4) is 0 Å². The predicted molar refractivity (Wildman–Crippen MR) is 98.1 cm³/mol. The van der Waals surface area contributed by atoms with Crippen LogP contribution in [0.2, 0.25) is 0 Å². The highest BCUT2D eigenvalue weighted by Crippen LogP contribution is 2.29. The second kappa shape index (κ2) is 10.0. The van der Waals surface area contributed by atoms with Gasteiger partial charge < -0.3 is 11.1 Å². The summed E-state index contributed by atoms with van der Waals surface area (Å²) >= 11 is 3.11. The van der Waals surface area contributed by atoms with Crippen molar-refractivity contribution in [2.45, 2.75) is 36.6 Å². The highest BCUT2D eigenvalue weighted by molar-refractivity contribution is 8.01. The maximum atomic E-state index is 12.0. The average molecular weight is 360 g/mol. The third kappa shape index (κ3) is 5.76. The molecule has 1 atom stereocenters. The van der Waals surface area contributed by atoms with Crippen LogP contribution in [-0.4, -0.2) is 29.2 Å². The summed E-state index contributed by atoms with van der Waals surface area (Å²) in [6.07, 6.45) is 3.16. The Bertz CT molecular complexity index is 558. The second-order valence-corrected chi connectivity index (χ2v) is 7.13. The second-order valence-electron chi connectivity index (χ2n) is 4.88. The van der Waals surface area contributed by atoms with Gasteiger partial charge in [-0.3, -0.25) is 4.79 Å². The van der Waals surface area contributed by atoms with Gasteiger partial charge in [0.15, 0.2) is 4.34 Å². The lowest BCUT2D eigenvalue weighted by Crippen LogP contribution is -2.41. The zero-order valence-corrected chi connectivity index (χ0v) is 15.0. The number of thioether (sulfide) groups is 1. The number of unbranched alkanes of at least 4 members (excludes halogenated alkanes) is 1. The first-order chi connectivity index (χ1) is 10.2. The van der Waals surface area contributed by atoms with E-state index in [1.165, 1.54) is 11.8 Å². The Morgan fingerprint density at radius 3 is 2.91 bits per heavy atom. The van der Waals surface area contributed by atoms with Gasteiger partial charge in [-0.15, -0.1) is 23.7 Å². The zero-order valence-electron chi connectivity index (χ0n) is 12.6. The highest BCUT2D eigenvalue weighted by Gasteiger charge is 2.12. The maximum Gasteiger partial charge on any atom is 0.230 e. The van der Waals surface area contributed by atoms with Crippen LogP contribution in [0.15, 0.2) is 28.6 Å². The van der Waals surface area contributed by atoms with Gasteiger partial charge in [0.05, 0.1) is 16.0 Å². The van der Waals surface area contributed by atoms with Crippen LogP contribution < -0.4 is 11.1 Å². The van der Waals surface area contributed by atoms with E-state index in [9.17, 15) is 4.79 Å². The number of hydrogen-bond acceptors (Lipinski definition) is 5. The first kappa shape index (κ1) is 19.2. The smallest absolute Gasteiger partial charge is 0.230 e. The largest absolute Gasteiger partial charge is 0.351 e. The van der Waals surface area contributed by atoms with Gasteiger partial charge in [0.1, 0.15) is 0 Å². The lowest BCUT2D eigenvalue weighted by atomic mass is 10.1. The number of halogens is 1. The summed E-state index contributed by atoms with van der Waals surface area (Å²) in [6, 6.07) is 8.11. The number of amides is 1. The minimum absolute atomic E-state index is 0. The van der Waals surface area contributed by atoms with Crippen molar-refractivity contribution in [3.8, 4) is 0 Å². The summed E-state index contributed by atoms with van der Waals surface area (Å²) < 4.78 is 2.09. The molecule has 2 rings (SSSR count). The zero-order chi connectivity index (χ0) is 15.1. The molecule has 0 fully saturated rings. The number of rotatable bonds is 8. The lowest BCUT2D eigenvalue weighted by molar-refractivity contribution is -0.119. The highest BCUT2D eigenvalue weighted by atomic mass is 35.5. The predicted octanol–water partition coefficient (Wildman–Crippen LogP) is 3.44. The summed E-state index contributed by atoms with van der Waals surface area (Å²) in [7, 11) is 0. The molecule has 0 saturated carbocycles. The maximum absolute atomic E-state index is 12.0. The summed E-state index contributed by atoms with van der Waals surface area (Å²) in [4.78, 5) is 16.5. The molecule has 0 aliphatic carbocycles. The number of carbonyl (C=O) groups is 1. The van der Waals surface area contributed by atoms with Crippen molar-refractivity contribution in [3.05, 3.63) is 24.3 Å². The molecule has 1 heterocycles. The van der Waals surface area contributed by atoms with E-state index >= 15 is 0 Å². The van der Waals surface area contributed by atoms with E-state index in [0.29, 0.717) is 12.3 Å². The quantitative estimate of drug-likeness (QED) is 0.708. The molecule has 4 nitrogen and oxygen atoms in total. The molecule has 2 aromatic rings. The molecular weight excluding hydrogens is 338 g/mol. The van der Waals surface area contributed by atoms with Crippen LogP contribution >= 0.6 is 35.5 Å². The standard InChI is InChI=1S/C15H21N3OS2.ClH/c1-2-3-6-11(9-16)17-14(19)10-20-15-18-12-7-4-5-8-13(12)21-15;/h4-5,7-8,11H,2-3,6,9-10,16H2,1H3,(H,17,19);1H. The third-order valence-electron chi connectivity index (χ3n) is 3.16. The van der Waals surface area contributed by atoms with Crippen molar-refractivity contribution >= 4 is 51.6 Å². The van der Waals surface area contributed by atoms with Crippen LogP contribution in [0.5, 0.6) is 0 Å². The number of benzene rings is 1. The van der Waals surface area contributed by atoms with Gasteiger partial charge in [0.2, 0.25) is 5.91 Å². The van der Waals surface area contributed by atoms with Gasteiger partial charge in [-0.25, -0.2) is 4.98 Å². The molecule has 7 heteroatoms. The monoisotopic (exact) mass is 359 g/mol.